The number of urea groups is 1. The number of aliphatic imine (C=N–C) groups is 2. The molecule has 1 aromatic rings. The summed E-state index contributed by atoms with van der Waals surface area (Å²) >= 11 is 1.21. The van der Waals surface area contributed by atoms with Crippen molar-refractivity contribution in [2.45, 2.75) is 18.2 Å². The van der Waals surface area contributed by atoms with Gasteiger partial charge in [0.25, 0.3) is 11.1 Å². The number of nitrogens with one attached hydrogen (secondary N) is 1. The van der Waals surface area contributed by atoms with E-state index in [0.29, 0.717) is 23.8 Å². The molecule has 0 spiro atoms. The van der Waals surface area contributed by atoms with Crippen LogP contribution in [0.4, 0.5) is 4.79 Å². The first-order valence-corrected chi connectivity index (χ1v) is 9.16. The Bertz CT molecular complexity index is 931. The second kappa shape index (κ2) is 7.27. The summed E-state index contributed by atoms with van der Waals surface area (Å²) in [4.78, 5) is 44.7. The highest BCUT2D eigenvalue weighted by Crippen LogP contribution is 2.21. The van der Waals surface area contributed by atoms with Crippen LogP contribution in [0.5, 0.6) is 0 Å². The van der Waals surface area contributed by atoms with Crippen molar-refractivity contribution in [2.24, 2.45) is 15.9 Å². The molecular formula is C16H14N6O4S. The number of imide groups is 1. The fourth-order valence-electron chi connectivity index (χ4n) is 2.68. The average molecular weight is 386 g/mol. The lowest BCUT2D eigenvalue weighted by atomic mass is 9.97. The number of aromatic nitrogens is 2. The zero-order valence-corrected chi connectivity index (χ0v) is 14.8. The van der Waals surface area contributed by atoms with Gasteiger partial charge < -0.3 is 9.32 Å². The van der Waals surface area contributed by atoms with Crippen LogP contribution >= 0.6 is 11.8 Å². The van der Waals surface area contributed by atoms with Gasteiger partial charge in [-0.2, -0.15) is 4.99 Å². The Balaban J connectivity index is 1.35. The maximum Gasteiger partial charge on any atom is 0.324 e. The van der Waals surface area contributed by atoms with Crippen LogP contribution < -0.4 is 5.32 Å². The van der Waals surface area contributed by atoms with E-state index in [1.165, 1.54) is 16.7 Å². The summed E-state index contributed by atoms with van der Waals surface area (Å²) in [5.74, 6) is 0.0162. The number of hydrogen-bond donors (Lipinski definition) is 1. The molecule has 0 aromatic carbocycles. The molecular weight excluding hydrogens is 372 g/mol. The molecule has 4 rings (SSSR count). The predicted molar refractivity (Wildman–Crippen MR) is 95.2 cm³/mol. The smallest absolute Gasteiger partial charge is 0.324 e. The van der Waals surface area contributed by atoms with Gasteiger partial charge in [0.15, 0.2) is 0 Å². The van der Waals surface area contributed by atoms with Crippen molar-refractivity contribution in [3.63, 3.8) is 0 Å². The summed E-state index contributed by atoms with van der Waals surface area (Å²) < 4.78 is 5.51. The van der Waals surface area contributed by atoms with Crippen LogP contribution in [0.25, 0.3) is 0 Å². The second-order valence-corrected chi connectivity index (χ2v) is 6.83. The van der Waals surface area contributed by atoms with Gasteiger partial charge in [0.05, 0.1) is 11.5 Å². The van der Waals surface area contributed by atoms with E-state index in [0.717, 1.165) is 0 Å². The molecule has 0 radical (unpaired) electrons. The van der Waals surface area contributed by atoms with Crippen LogP contribution in [0.3, 0.4) is 0 Å². The maximum absolute atomic E-state index is 12.0. The van der Waals surface area contributed by atoms with Gasteiger partial charge in [0.2, 0.25) is 11.8 Å². The molecule has 1 aromatic heterocycles. The normalized spacial score (nSPS) is 21.7. The summed E-state index contributed by atoms with van der Waals surface area (Å²) in [6.45, 7) is 0.419. The topological polar surface area (TPSA) is 130 Å². The summed E-state index contributed by atoms with van der Waals surface area (Å²) in [6, 6.07) is -0.478. The number of allylic oxidation sites excluding steroid dienone is 3. The van der Waals surface area contributed by atoms with Crippen molar-refractivity contribution >= 4 is 41.2 Å². The van der Waals surface area contributed by atoms with Gasteiger partial charge in [-0.1, -0.05) is 30.0 Å². The SMILES string of the molecule is O=C1CCN(Cc2nnc(SCC3=NC(=O)C4C=CC=CC4=N3)o2)C(=O)N1. The number of nitrogens with zero attached hydrogens (tertiary/aromatic N) is 5. The minimum atomic E-state index is -0.478. The Morgan fingerprint density at radius 1 is 1.22 bits per heavy atom. The predicted octanol–water partition coefficient (Wildman–Crippen LogP) is 0.725. The lowest BCUT2D eigenvalue weighted by molar-refractivity contribution is -0.121. The van der Waals surface area contributed by atoms with Crippen molar-refractivity contribution in [3.05, 3.63) is 30.2 Å². The molecule has 10 nitrogen and oxygen atoms in total. The number of fused-ring (bicyclic) bond motifs is 1. The third-order valence-corrected chi connectivity index (χ3v) is 4.82. The number of amidine groups is 1. The Morgan fingerprint density at radius 2 is 2.11 bits per heavy atom. The number of carbonyl (C=O) groups is 3. The van der Waals surface area contributed by atoms with E-state index in [-0.39, 0.29) is 35.9 Å². The van der Waals surface area contributed by atoms with E-state index in [9.17, 15) is 14.4 Å². The standard InChI is InChI=1S/C16H14N6O4S/c23-12-5-6-22(15(25)19-12)7-13-20-21-16(26-13)27-8-11-17-10-4-2-1-3-9(10)14(24)18-11/h1-4,9H,5-8H2,(H,19,23,25). The molecule has 3 aliphatic rings. The van der Waals surface area contributed by atoms with Crippen molar-refractivity contribution in [3.8, 4) is 0 Å². The van der Waals surface area contributed by atoms with Crippen LogP contribution in [0.1, 0.15) is 12.3 Å². The monoisotopic (exact) mass is 386 g/mol. The van der Waals surface area contributed by atoms with Gasteiger partial charge in [0.1, 0.15) is 18.3 Å². The molecule has 11 heteroatoms. The molecule has 2 aliphatic heterocycles. The van der Waals surface area contributed by atoms with E-state index in [4.69, 9.17) is 4.42 Å². The van der Waals surface area contributed by atoms with Crippen molar-refractivity contribution in [1.82, 2.24) is 20.4 Å². The Kier molecular flexibility index (Phi) is 4.67. The van der Waals surface area contributed by atoms with Gasteiger partial charge in [-0.05, 0) is 6.08 Å². The number of carbonyl (C=O) groups excluding carboxylic acids is 3. The lowest BCUT2D eigenvalue weighted by Gasteiger charge is -2.24. The van der Waals surface area contributed by atoms with Crippen molar-refractivity contribution in [2.75, 3.05) is 12.3 Å². The summed E-state index contributed by atoms with van der Waals surface area (Å²) in [5.41, 5.74) is 0.671. The van der Waals surface area contributed by atoms with E-state index in [1.807, 2.05) is 6.08 Å². The molecule has 0 bridgehead atoms. The van der Waals surface area contributed by atoms with E-state index in [1.54, 1.807) is 18.2 Å². The van der Waals surface area contributed by atoms with Gasteiger partial charge >= 0.3 is 6.03 Å². The van der Waals surface area contributed by atoms with E-state index < -0.39 is 11.9 Å². The highest BCUT2D eigenvalue weighted by molar-refractivity contribution is 7.99. The molecule has 138 valence electrons. The highest BCUT2D eigenvalue weighted by Gasteiger charge is 2.27. The fraction of sp³-hybridized carbons (Fsp3) is 0.312. The van der Waals surface area contributed by atoms with Crippen molar-refractivity contribution in [1.29, 1.82) is 0 Å². The Morgan fingerprint density at radius 3 is 2.96 bits per heavy atom. The zero-order chi connectivity index (χ0) is 18.8. The molecule has 0 saturated carbocycles. The molecule has 27 heavy (non-hydrogen) atoms. The molecule has 4 amide bonds. The first kappa shape index (κ1) is 17.3. The third-order valence-electron chi connectivity index (χ3n) is 4.01. The zero-order valence-electron chi connectivity index (χ0n) is 14.0. The fourth-order valence-corrected chi connectivity index (χ4v) is 3.32. The molecule has 1 fully saturated rings. The van der Waals surface area contributed by atoms with Gasteiger partial charge in [-0.15, -0.1) is 10.2 Å². The first-order chi connectivity index (χ1) is 13.1. The summed E-state index contributed by atoms with van der Waals surface area (Å²) in [6.07, 6.45) is 7.42. The number of hydrogen-bond acceptors (Lipinski definition) is 8. The largest absolute Gasteiger partial charge is 0.414 e. The molecule has 1 aliphatic carbocycles. The van der Waals surface area contributed by atoms with Crippen LogP contribution in [0.2, 0.25) is 0 Å². The molecule has 3 heterocycles. The molecule has 1 unspecified atom stereocenters. The number of rotatable bonds is 5. The first-order valence-electron chi connectivity index (χ1n) is 8.17. The van der Waals surface area contributed by atoms with Crippen molar-refractivity contribution < 1.29 is 18.8 Å². The summed E-state index contributed by atoms with van der Waals surface area (Å²) in [5, 5.41) is 10.3. The minimum Gasteiger partial charge on any atom is -0.414 e. The molecule has 1 saturated heterocycles. The number of thioether (sulfide) groups is 1. The van der Waals surface area contributed by atoms with Crippen LogP contribution in [-0.4, -0.2) is 56.8 Å². The Labute approximate surface area is 157 Å². The maximum atomic E-state index is 12.0. The van der Waals surface area contributed by atoms with E-state index >= 15 is 0 Å². The van der Waals surface area contributed by atoms with Gasteiger partial charge in [0, 0.05) is 13.0 Å². The quantitative estimate of drug-likeness (QED) is 0.738. The van der Waals surface area contributed by atoms with Gasteiger partial charge in [-0.3, -0.25) is 14.9 Å². The Hall–Kier alpha value is -3.08. The number of amides is 4. The van der Waals surface area contributed by atoms with Crippen LogP contribution in [0.15, 0.2) is 43.9 Å². The molecule has 1 atom stereocenters. The summed E-state index contributed by atoms with van der Waals surface area (Å²) in [7, 11) is 0. The van der Waals surface area contributed by atoms with Crippen LogP contribution in [-0.2, 0) is 16.1 Å². The lowest BCUT2D eigenvalue weighted by Crippen LogP contribution is -2.48. The van der Waals surface area contributed by atoms with E-state index in [2.05, 4.69) is 25.5 Å². The van der Waals surface area contributed by atoms with Gasteiger partial charge in [-0.25, -0.2) is 9.79 Å². The molecule has 1 N–H and O–H groups in total. The second-order valence-electron chi connectivity index (χ2n) is 5.90. The average Bonchev–Trinajstić information content (AvgIpc) is 3.10. The van der Waals surface area contributed by atoms with Crippen LogP contribution in [0, 0.1) is 5.92 Å². The minimum absolute atomic E-state index is 0.118. The highest BCUT2D eigenvalue weighted by atomic mass is 32.2. The third kappa shape index (κ3) is 3.87.